The maximum atomic E-state index is 13.1. The monoisotopic (exact) mass is 515 g/mol. The molecule has 1 heterocycles. The molecule has 0 fully saturated rings. The summed E-state index contributed by atoms with van der Waals surface area (Å²) in [5, 5.41) is 1.31. The Kier molecular flexibility index (Phi) is 8.26. The highest BCUT2D eigenvalue weighted by molar-refractivity contribution is 7.15. The van der Waals surface area contributed by atoms with Crippen LogP contribution in [-0.2, 0) is 20.4 Å². The van der Waals surface area contributed by atoms with Gasteiger partial charge in [-0.25, -0.2) is 14.4 Å². The number of thiophene rings is 1. The Bertz CT molecular complexity index is 1050. The summed E-state index contributed by atoms with van der Waals surface area (Å²) >= 11 is 0.853. The lowest BCUT2D eigenvalue weighted by molar-refractivity contribution is -0.137. The second-order valence-electron chi connectivity index (χ2n) is 9.42. The minimum absolute atomic E-state index is 0.0144. The summed E-state index contributed by atoms with van der Waals surface area (Å²) in [4.78, 5) is 39.6. The first kappa shape index (κ1) is 28.2. The Hall–Kier alpha value is -3.08. The fraction of sp³-hybridized carbons (Fsp3) is 0.458. The lowest BCUT2D eigenvalue weighted by atomic mass is 10.0. The molecular weight excluding hydrogens is 487 g/mol. The van der Waals surface area contributed by atoms with Gasteiger partial charge in [0, 0.05) is 10.9 Å². The number of nitrogens with zero attached hydrogens (tertiary/aromatic N) is 1. The molecule has 2 amide bonds. The molecule has 1 aromatic heterocycles. The molecule has 0 aliphatic heterocycles. The number of carbonyl (C=O) groups excluding carboxylic acids is 3. The Labute approximate surface area is 205 Å². The number of imide groups is 1. The van der Waals surface area contributed by atoms with E-state index in [4.69, 9.17) is 14.2 Å². The van der Waals surface area contributed by atoms with Crippen LogP contribution < -0.4 is 4.90 Å². The Morgan fingerprint density at radius 1 is 0.886 bits per heavy atom. The van der Waals surface area contributed by atoms with Gasteiger partial charge in [0.1, 0.15) is 21.8 Å². The highest BCUT2D eigenvalue weighted by Crippen LogP contribution is 2.40. The van der Waals surface area contributed by atoms with Crippen LogP contribution in [0.5, 0.6) is 0 Å². The Balaban J connectivity index is 2.69. The van der Waals surface area contributed by atoms with Crippen molar-refractivity contribution in [2.24, 2.45) is 0 Å². The molecule has 0 unspecified atom stereocenters. The number of hydrogen-bond donors (Lipinski definition) is 0. The average molecular weight is 516 g/mol. The van der Waals surface area contributed by atoms with Crippen molar-refractivity contribution in [3.8, 4) is 11.1 Å². The zero-order valence-electron chi connectivity index (χ0n) is 20.5. The molecule has 0 N–H and O–H groups in total. The van der Waals surface area contributed by atoms with E-state index in [0.29, 0.717) is 4.90 Å². The van der Waals surface area contributed by atoms with Gasteiger partial charge in [-0.15, -0.1) is 11.3 Å². The summed E-state index contributed by atoms with van der Waals surface area (Å²) in [6.45, 7) is 11.2. The first-order chi connectivity index (χ1) is 15.9. The van der Waals surface area contributed by atoms with Crippen molar-refractivity contribution in [2.45, 2.75) is 65.8 Å². The predicted molar refractivity (Wildman–Crippen MR) is 126 cm³/mol. The average Bonchev–Trinajstić information content (AvgIpc) is 3.09. The van der Waals surface area contributed by atoms with E-state index >= 15 is 0 Å². The normalized spacial score (nSPS) is 12.2. The summed E-state index contributed by atoms with van der Waals surface area (Å²) in [7, 11) is 0. The Morgan fingerprint density at radius 2 is 1.37 bits per heavy atom. The molecule has 0 aliphatic carbocycles. The van der Waals surface area contributed by atoms with E-state index in [1.54, 1.807) is 48.5 Å². The number of rotatable bonds is 4. The number of hydrogen-bond acceptors (Lipinski definition) is 7. The fourth-order valence-corrected chi connectivity index (χ4v) is 3.87. The summed E-state index contributed by atoms with van der Waals surface area (Å²) in [6.07, 6.45) is -6.71. The minimum atomic E-state index is -4.54. The van der Waals surface area contributed by atoms with E-state index in [9.17, 15) is 27.6 Å². The Morgan fingerprint density at radius 3 is 1.77 bits per heavy atom. The van der Waals surface area contributed by atoms with Crippen molar-refractivity contribution in [2.75, 3.05) is 11.5 Å². The fourth-order valence-electron chi connectivity index (χ4n) is 2.82. The van der Waals surface area contributed by atoms with Crippen LogP contribution in [0.1, 0.15) is 64.4 Å². The molecule has 7 nitrogen and oxygen atoms in total. The number of alkyl halides is 3. The van der Waals surface area contributed by atoms with E-state index in [-0.39, 0.29) is 28.3 Å². The van der Waals surface area contributed by atoms with Gasteiger partial charge in [-0.3, -0.25) is 0 Å². The number of ether oxygens (including phenoxy) is 3. The number of esters is 1. The van der Waals surface area contributed by atoms with Crippen molar-refractivity contribution in [3.05, 3.63) is 40.8 Å². The number of halogens is 3. The van der Waals surface area contributed by atoms with Crippen LogP contribution in [-0.4, -0.2) is 36.0 Å². The minimum Gasteiger partial charge on any atom is -0.462 e. The van der Waals surface area contributed by atoms with Crippen molar-refractivity contribution in [1.29, 1.82) is 0 Å². The van der Waals surface area contributed by atoms with Gasteiger partial charge in [0.05, 0.1) is 12.2 Å². The second kappa shape index (κ2) is 10.3. The van der Waals surface area contributed by atoms with Gasteiger partial charge >= 0.3 is 24.3 Å². The number of benzene rings is 1. The summed E-state index contributed by atoms with van der Waals surface area (Å²) in [6, 6.07) is 4.15. The van der Waals surface area contributed by atoms with Crippen LogP contribution in [0.15, 0.2) is 29.6 Å². The predicted octanol–water partition coefficient (Wildman–Crippen LogP) is 7.29. The molecule has 0 atom stereocenters. The van der Waals surface area contributed by atoms with Gasteiger partial charge < -0.3 is 14.2 Å². The molecule has 0 spiro atoms. The van der Waals surface area contributed by atoms with Crippen LogP contribution >= 0.6 is 11.3 Å². The molecular formula is C24H28F3NO6S. The van der Waals surface area contributed by atoms with Gasteiger partial charge in [-0.05, 0) is 66.2 Å². The molecule has 0 saturated heterocycles. The second-order valence-corrected chi connectivity index (χ2v) is 10.3. The third-order valence-corrected chi connectivity index (χ3v) is 5.09. The number of anilines is 1. The maximum Gasteiger partial charge on any atom is 0.425 e. The molecule has 0 bridgehead atoms. The van der Waals surface area contributed by atoms with Gasteiger partial charge in [-0.2, -0.15) is 18.1 Å². The largest absolute Gasteiger partial charge is 0.462 e. The van der Waals surface area contributed by atoms with Crippen molar-refractivity contribution in [1.82, 2.24) is 0 Å². The summed E-state index contributed by atoms with van der Waals surface area (Å²) in [5.74, 6) is -0.865. The topological polar surface area (TPSA) is 82.1 Å². The standard InChI is InChI=1S/C24H28F3NO6S/c1-8-32-19(29)17-16(14-9-11-15(12-10-14)24(25,26)27)13-35-18(17)28(20(30)33-22(2,3)4)21(31)34-23(5,6)7/h9-13H,8H2,1-7H3. The maximum absolute atomic E-state index is 13.1. The van der Waals surface area contributed by atoms with Crippen LogP contribution in [0.4, 0.5) is 27.8 Å². The molecule has 0 aliphatic rings. The summed E-state index contributed by atoms with van der Waals surface area (Å²) in [5.41, 5.74) is -2.54. The highest BCUT2D eigenvalue weighted by atomic mass is 32.1. The summed E-state index contributed by atoms with van der Waals surface area (Å²) < 4.78 is 54.9. The molecule has 2 aromatic rings. The lowest BCUT2D eigenvalue weighted by Gasteiger charge is -2.28. The van der Waals surface area contributed by atoms with Gasteiger partial charge in [-0.1, -0.05) is 12.1 Å². The lowest BCUT2D eigenvalue weighted by Crippen LogP contribution is -2.44. The number of carbonyl (C=O) groups is 3. The smallest absolute Gasteiger partial charge is 0.425 e. The van der Waals surface area contributed by atoms with Crippen molar-refractivity contribution >= 4 is 34.5 Å². The molecule has 0 radical (unpaired) electrons. The SMILES string of the molecule is CCOC(=O)c1c(-c2ccc(C(F)(F)F)cc2)csc1N(C(=O)OC(C)(C)C)C(=O)OC(C)(C)C. The zero-order valence-corrected chi connectivity index (χ0v) is 21.3. The van der Waals surface area contributed by atoms with Crippen LogP contribution in [0.25, 0.3) is 11.1 Å². The van der Waals surface area contributed by atoms with E-state index in [1.807, 2.05) is 0 Å². The molecule has 1 aromatic carbocycles. The van der Waals surface area contributed by atoms with Gasteiger partial charge in [0.25, 0.3) is 0 Å². The van der Waals surface area contributed by atoms with Crippen LogP contribution in [0.3, 0.4) is 0 Å². The first-order valence-electron chi connectivity index (χ1n) is 10.7. The van der Waals surface area contributed by atoms with E-state index in [0.717, 1.165) is 23.5 Å². The molecule has 0 saturated carbocycles. The first-order valence-corrected chi connectivity index (χ1v) is 11.5. The van der Waals surface area contributed by atoms with Gasteiger partial charge in [0.2, 0.25) is 0 Å². The van der Waals surface area contributed by atoms with Gasteiger partial charge in [0.15, 0.2) is 0 Å². The highest BCUT2D eigenvalue weighted by Gasteiger charge is 2.38. The van der Waals surface area contributed by atoms with Crippen molar-refractivity contribution in [3.63, 3.8) is 0 Å². The van der Waals surface area contributed by atoms with E-state index in [1.165, 1.54) is 17.5 Å². The number of amides is 2. The van der Waals surface area contributed by atoms with Crippen LogP contribution in [0, 0.1) is 0 Å². The van der Waals surface area contributed by atoms with Crippen LogP contribution in [0.2, 0.25) is 0 Å². The quantitative estimate of drug-likeness (QED) is 0.314. The van der Waals surface area contributed by atoms with E-state index < -0.39 is 41.1 Å². The molecule has 2 rings (SSSR count). The zero-order chi connectivity index (χ0) is 26.8. The van der Waals surface area contributed by atoms with E-state index in [2.05, 4.69) is 0 Å². The third kappa shape index (κ3) is 7.45. The molecule has 35 heavy (non-hydrogen) atoms. The molecule has 11 heteroatoms. The molecule has 192 valence electrons. The third-order valence-electron chi connectivity index (χ3n) is 4.13. The van der Waals surface area contributed by atoms with Crippen molar-refractivity contribution < 1.29 is 41.8 Å².